The van der Waals surface area contributed by atoms with Gasteiger partial charge in [-0.3, -0.25) is 14.6 Å². The van der Waals surface area contributed by atoms with Crippen molar-refractivity contribution in [3.63, 3.8) is 0 Å². The summed E-state index contributed by atoms with van der Waals surface area (Å²) in [6.07, 6.45) is -0.836. The smallest absolute Gasteiger partial charge is 0.433 e. The van der Waals surface area contributed by atoms with Gasteiger partial charge < -0.3 is 10.1 Å². The molecule has 1 aromatic carbocycles. The van der Waals surface area contributed by atoms with Crippen LogP contribution in [0.15, 0.2) is 42.9 Å². The number of carbonyl (C=O) groups excluding carboxylic acids is 1. The quantitative estimate of drug-likeness (QED) is 0.467. The SMILES string of the molecule is CC1Cc2c(ncnc2Oc2ccc3c(ccn3C(=O)Nc3cc(C(F)(F)F)n(C)n3)c2)CN1. The first-order valence-corrected chi connectivity index (χ1v) is 10.5. The standard InChI is InChI=1S/C22H20F3N7O2/c1-12-7-15-16(10-26-12)27-11-28-20(15)34-14-3-4-17-13(8-14)5-6-32(17)21(33)29-19-9-18(22(23,24)25)31(2)30-19/h3-6,8-9,11-12,26H,7,10H2,1-2H3,(H,29,30,33). The van der Waals surface area contributed by atoms with Crippen LogP contribution in [0.3, 0.4) is 0 Å². The van der Waals surface area contributed by atoms with Gasteiger partial charge in [0.2, 0.25) is 5.88 Å². The van der Waals surface area contributed by atoms with Crippen molar-refractivity contribution in [2.24, 2.45) is 7.05 Å². The normalized spacial score (nSPS) is 15.9. The molecule has 0 bridgehead atoms. The molecular weight excluding hydrogens is 451 g/mol. The Hall–Kier alpha value is -3.93. The Morgan fingerprint density at radius 2 is 2.06 bits per heavy atom. The lowest BCUT2D eigenvalue weighted by Crippen LogP contribution is -2.33. The van der Waals surface area contributed by atoms with E-state index in [1.54, 1.807) is 24.3 Å². The van der Waals surface area contributed by atoms with E-state index in [9.17, 15) is 18.0 Å². The number of benzene rings is 1. The number of rotatable bonds is 3. The lowest BCUT2D eigenvalue weighted by atomic mass is 10.0. The van der Waals surface area contributed by atoms with Crippen molar-refractivity contribution in [2.45, 2.75) is 32.1 Å². The summed E-state index contributed by atoms with van der Waals surface area (Å²) in [6, 6.07) is 7.30. The Morgan fingerprint density at radius 1 is 1.24 bits per heavy atom. The molecule has 0 fully saturated rings. The first-order chi connectivity index (χ1) is 16.2. The van der Waals surface area contributed by atoms with Crippen molar-refractivity contribution in [1.82, 2.24) is 29.6 Å². The highest BCUT2D eigenvalue weighted by atomic mass is 19.4. The average molecular weight is 471 g/mol. The van der Waals surface area contributed by atoms with Crippen LogP contribution in [0, 0.1) is 0 Å². The predicted molar refractivity (Wildman–Crippen MR) is 117 cm³/mol. The minimum absolute atomic E-state index is 0.195. The van der Waals surface area contributed by atoms with Crippen LogP contribution in [0.5, 0.6) is 11.6 Å². The highest BCUT2D eigenvalue weighted by molar-refractivity contribution is 5.98. The molecule has 34 heavy (non-hydrogen) atoms. The molecule has 176 valence electrons. The van der Waals surface area contributed by atoms with E-state index >= 15 is 0 Å². The monoisotopic (exact) mass is 471 g/mol. The third-order valence-corrected chi connectivity index (χ3v) is 5.62. The molecule has 5 rings (SSSR count). The molecule has 9 nitrogen and oxygen atoms in total. The zero-order valence-corrected chi connectivity index (χ0v) is 18.2. The van der Waals surface area contributed by atoms with Gasteiger partial charge in [-0.1, -0.05) is 0 Å². The number of alkyl halides is 3. The fourth-order valence-electron chi connectivity index (χ4n) is 3.96. The topological polar surface area (TPSA) is 98.9 Å². The molecule has 1 atom stereocenters. The second-order valence-electron chi connectivity index (χ2n) is 8.06. The lowest BCUT2D eigenvalue weighted by Gasteiger charge is -2.23. The molecule has 1 unspecified atom stereocenters. The number of nitrogens with zero attached hydrogens (tertiary/aromatic N) is 5. The van der Waals surface area contributed by atoms with Gasteiger partial charge in [-0.2, -0.15) is 18.3 Å². The molecule has 0 saturated carbocycles. The van der Waals surface area contributed by atoms with Crippen LogP contribution in [0.25, 0.3) is 10.9 Å². The van der Waals surface area contributed by atoms with Crippen LogP contribution in [0.4, 0.5) is 23.8 Å². The van der Waals surface area contributed by atoms with Crippen LogP contribution in [-0.2, 0) is 26.2 Å². The molecule has 3 aromatic heterocycles. The van der Waals surface area contributed by atoms with Crippen molar-refractivity contribution < 1.29 is 22.7 Å². The number of halogens is 3. The molecule has 1 amide bonds. The van der Waals surface area contributed by atoms with Crippen LogP contribution in [0.1, 0.15) is 23.9 Å². The molecule has 0 aliphatic carbocycles. The highest BCUT2D eigenvalue weighted by Crippen LogP contribution is 2.32. The van der Waals surface area contributed by atoms with Gasteiger partial charge in [0.1, 0.15) is 17.8 Å². The maximum atomic E-state index is 13.0. The summed E-state index contributed by atoms with van der Waals surface area (Å²) in [5.41, 5.74) is 1.45. The predicted octanol–water partition coefficient (Wildman–Crippen LogP) is 4.09. The molecule has 4 heterocycles. The maximum absolute atomic E-state index is 13.0. The molecular formula is C22H20F3N7O2. The minimum Gasteiger partial charge on any atom is -0.439 e. The third-order valence-electron chi connectivity index (χ3n) is 5.62. The van der Waals surface area contributed by atoms with E-state index < -0.39 is 17.9 Å². The number of fused-ring (bicyclic) bond motifs is 2. The highest BCUT2D eigenvalue weighted by Gasteiger charge is 2.35. The Bertz CT molecular complexity index is 1390. The van der Waals surface area contributed by atoms with Gasteiger partial charge in [0, 0.05) is 42.8 Å². The van der Waals surface area contributed by atoms with Crippen molar-refractivity contribution in [3.05, 3.63) is 59.8 Å². The molecule has 4 aromatic rings. The van der Waals surface area contributed by atoms with Crippen LogP contribution in [0.2, 0.25) is 0 Å². The number of hydrogen-bond acceptors (Lipinski definition) is 6. The van der Waals surface area contributed by atoms with Crippen molar-refractivity contribution in [1.29, 1.82) is 0 Å². The van der Waals surface area contributed by atoms with Gasteiger partial charge in [0.05, 0.1) is 11.2 Å². The number of carbonyl (C=O) groups is 1. The molecule has 0 radical (unpaired) electrons. The number of hydrogen-bond donors (Lipinski definition) is 2. The fourth-order valence-corrected chi connectivity index (χ4v) is 3.96. The average Bonchev–Trinajstić information content (AvgIpc) is 3.37. The zero-order chi connectivity index (χ0) is 24.0. The molecule has 0 spiro atoms. The van der Waals surface area contributed by atoms with Gasteiger partial charge in [0.25, 0.3) is 0 Å². The maximum Gasteiger partial charge on any atom is 0.433 e. The van der Waals surface area contributed by atoms with E-state index in [1.807, 2.05) is 0 Å². The summed E-state index contributed by atoms with van der Waals surface area (Å²) < 4.78 is 47.0. The lowest BCUT2D eigenvalue weighted by molar-refractivity contribution is -0.143. The van der Waals surface area contributed by atoms with Crippen LogP contribution >= 0.6 is 0 Å². The van der Waals surface area contributed by atoms with E-state index in [0.29, 0.717) is 33.8 Å². The Labute approximate surface area is 191 Å². The summed E-state index contributed by atoms with van der Waals surface area (Å²) >= 11 is 0. The molecule has 12 heteroatoms. The Morgan fingerprint density at radius 3 is 2.82 bits per heavy atom. The van der Waals surface area contributed by atoms with E-state index in [4.69, 9.17) is 4.74 Å². The van der Waals surface area contributed by atoms with Crippen LogP contribution < -0.4 is 15.4 Å². The van der Waals surface area contributed by atoms with Gasteiger partial charge >= 0.3 is 12.2 Å². The van der Waals surface area contributed by atoms with Gasteiger partial charge in [-0.25, -0.2) is 14.8 Å². The second kappa shape index (κ2) is 8.13. The van der Waals surface area contributed by atoms with Gasteiger partial charge in [-0.15, -0.1) is 0 Å². The Kier molecular flexibility index (Phi) is 5.24. The van der Waals surface area contributed by atoms with Gasteiger partial charge in [-0.05, 0) is 37.6 Å². The second-order valence-corrected chi connectivity index (χ2v) is 8.06. The number of aromatic nitrogens is 5. The van der Waals surface area contributed by atoms with Crippen molar-refractivity contribution in [3.8, 4) is 11.6 Å². The third kappa shape index (κ3) is 4.07. The zero-order valence-electron chi connectivity index (χ0n) is 18.2. The minimum atomic E-state index is -4.57. The van der Waals surface area contributed by atoms with E-state index in [1.165, 1.54) is 17.1 Å². The summed E-state index contributed by atoms with van der Waals surface area (Å²) in [5.74, 6) is 0.835. The summed E-state index contributed by atoms with van der Waals surface area (Å²) in [6.45, 7) is 2.72. The van der Waals surface area contributed by atoms with E-state index in [0.717, 1.165) is 30.8 Å². The molecule has 2 N–H and O–H groups in total. The van der Waals surface area contributed by atoms with Crippen molar-refractivity contribution in [2.75, 3.05) is 5.32 Å². The van der Waals surface area contributed by atoms with E-state index in [-0.39, 0.29) is 11.9 Å². The first-order valence-electron chi connectivity index (χ1n) is 10.5. The Balaban J connectivity index is 1.37. The summed E-state index contributed by atoms with van der Waals surface area (Å²) in [5, 5.41) is 10.2. The number of nitrogens with one attached hydrogen (secondary N) is 2. The number of ether oxygens (including phenoxy) is 1. The number of amides is 1. The van der Waals surface area contributed by atoms with Crippen molar-refractivity contribution >= 4 is 22.8 Å². The van der Waals surface area contributed by atoms with Crippen LogP contribution in [-0.4, -0.2) is 36.4 Å². The van der Waals surface area contributed by atoms with E-state index in [2.05, 4.69) is 32.6 Å². The molecule has 0 saturated heterocycles. The summed E-state index contributed by atoms with van der Waals surface area (Å²) in [4.78, 5) is 21.3. The molecule has 1 aliphatic rings. The largest absolute Gasteiger partial charge is 0.439 e. The van der Waals surface area contributed by atoms with Gasteiger partial charge in [0.15, 0.2) is 5.82 Å². The number of aryl methyl sites for hydroxylation is 1. The first kappa shape index (κ1) is 21.9. The number of anilines is 1. The summed E-state index contributed by atoms with van der Waals surface area (Å²) in [7, 11) is 1.16. The molecule has 1 aliphatic heterocycles. The fraction of sp³-hybridized carbons (Fsp3) is 0.273.